The van der Waals surface area contributed by atoms with E-state index in [0.29, 0.717) is 25.1 Å². The summed E-state index contributed by atoms with van der Waals surface area (Å²) in [6.45, 7) is 3.72. The van der Waals surface area contributed by atoms with Crippen LogP contribution in [-0.2, 0) is 29.2 Å². The van der Waals surface area contributed by atoms with E-state index in [-0.39, 0.29) is 18.2 Å². The smallest absolute Gasteiger partial charge is 0.255 e. The Morgan fingerprint density at radius 3 is 2.70 bits per heavy atom. The molecule has 3 aromatic rings. The molecule has 9 nitrogen and oxygen atoms in total. The Balaban J connectivity index is 1.25. The summed E-state index contributed by atoms with van der Waals surface area (Å²) in [7, 11) is 0. The summed E-state index contributed by atoms with van der Waals surface area (Å²) in [6, 6.07) is 13.2. The minimum Gasteiger partial charge on any atom is -0.322 e. The summed E-state index contributed by atoms with van der Waals surface area (Å²) < 4.78 is 1.68. The lowest BCUT2D eigenvalue weighted by Gasteiger charge is -2.29. The maximum absolute atomic E-state index is 12.8. The van der Waals surface area contributed by atoms with Gasteiger partial charge in [0.15, 0.2) is 0 Å². The molecule has 1 atom stereocenters. The van der Waals surface area contributed by atoms with Gasteiger partial charge in [0.1, 0.15) is 6.04 Å². The summed E-state index contributed by atoms with van der Waals surface area (Å²) in [4.78, 5) is 38.0. The third-order valence-electron chi connectivity index (χ3n) is 6.07. The van der Waals surface area contributed by atoms with Gasteiger partial charge in [-0.25, -0.2) is 4.68 Å². The SMILES string of the molecule is Cc1ccc(CNCc2cn(-c3ccc4c(c3)CN(C3CCC(=O)NC3=O)C4=O)nn2)cc1. The fraction of sp³-hybridized carbons (Fsp3) is 0.292. The third-order valence-corrected chi connectivity index (χ3v) is 6.07. The number of rotatable bonds is 6. The van der Waals surface area contributed by atoms with Gasteiger partial charge < -0.3 is 10.2 Å². The highest BCUT2D eigenvalue weighted by Crippen LogP contribution is 2.29. The number of carbonyl (C=O) groups excluding carboxylic acids is 3. The molecule has 0 radical (unpaired) electrons. The average Bonchev–Trinajstić information content (AvgIpc) is 3.40. The summed E-state index contributed by atoms with van der Waals surface area (Å²) >= 11 is 0. The number of aromatic nitrogens is 3. The van der Waals surface area contributed by atoms with Gasteiger partial charge in [0.25, 0.3) is 5.91 Å². The van der Waals surface area contributed by atoms with E-state index in [1.807, 2.05) is 18.3 Å². The number of benzene rings is 2. The summed E-state index contributed by atoms with van der Waals surface area (Å²) in [5, 5.41) is 14.2. The first-order valence-electron chi connectivity index (χ1n) is 10.9. The lowest BCUT2D eigenvalue weighted by atomic mass is 10.0. The monoisotopic (exact) mass is 444 g/mol. The molecule has 2 N–H and O–H groups in total. The van der Waals surface area contributed by atoms with E-state index in [1.54, 1.807) is 10.7 Å². The van der Waals surface area contributed by atoms with E-state index in [2.05, 4.69) is 52.1 Å². The van der Waals surface area contributed by atoms with Crippen molar-refractivity contribution in [2.75, 3.05) is 0 Å². The van der Waals surface area contributed by atoms with Gasteiger partial charge in [0, 0.05) is 31.6 Å². The largest absolute Gasteiger partial charge is 0.322 e. The molecule has 2 aromatic carbocycles. The first-order valence-corrected chi connectivity index (χ1v) is 10.9. The van der Waals surface area contributed by atoms with Crippen LogP contribution in [-0.4, -0.2) is 43.7 Å². The lowest BCUT2D eigenvalue weighted by molar-refractivity contribution is -0.136. The van der Waals surface area contributed by atoms with E-state index >= 15 is 0 Å². The Hall–Kier alpha value is -3.85. The molecule has 2 aliphatic rings. The zero-order valence-electron chi connectivity index (χ0n) is 18.2. The summed E-state index contributed by atoms with van der Waals surface area (Å²) in [5.74, 6) is -0.893. The Morgan fingerprint density at radius 1 is 1.09 bits per heavy atom. The predicted molar refractivity (Wildman–Crippen MR) is 119 cm³/mol. The van der Waals surface area contributed by atoms with Crippen molar-refractivity contribution in [1.29, 1.82) is 0 Å². The average molecular weight is 444 g/mol. The van der Waals surface area contributed by atoms with Crippen LogP contribution in [0.2, 0.25) is 0 Å². The molecule has 3 amide bonds. The molecule has 33 heavy (non-hydrogen) atoms. The minimum atomic E-state index is -0.622. The van der Waals surface area contributed by atoms with Crippen LogP contribution in [0.1, 0.15) is 45.6 Å². The van der Waals surface area contributed by atoms with Crippen LogP contribution in [0.15, 0.2) is 48.7 Å². The second-order valence-corrected chi connectivity index (χ2v) is 8.49. The fourth-order valence-electron chi connectivity index (χ4n) is 4.25. The number of nitrogens with one attached hydrogen (secondary N) is 2. The second kappa shape index (κ2) is 8.59. The molecule has 3 heterocycles. The Labute approximate surface area is 190 Å². The number of piperidine rings is 1. The van der Waals surface area contributed by atoms with Crippen molar-refractivity contribution >= 4 is 17.7 Å². The topological polar surface area (TPSA) is 109 Å². The molecule has 2 aliphatic heterocycles. The molecular formula is C24H24N6O3. The standard InChI is InChI=1S/C24H24N6O3/c1-15-2-4-16(5-3-15)11-25-12-18-14-30(28-27-18)19-6-7-20-17(10-19)13-29(24(20)33)21-8-9-22(31)26-23(21)32/h2-7,10,14,21,25H,8-9,11-13H2,1H3,(H,26,31,32). The van der Waals surface area contributed by atoms with Gasteiger partial charge in [-0.2, -0.15) is 0 Å². The zero-order chi connectivity index (χ0) is 22.9. The van der Waals surface area contributed by atoms with Crippen LogP contribution in [0.3, 0.4) is 0 Å². The molecule has 9 heteroatoms. The maximum Gasteiger partial charge on any atom is 0.255 e. The molecule has 0 spiro atoms. The number of aryl methyl sites for hydroxylation is 1. The first kappa shape index (κ1) is 21.0. The van der Waals surface area contributed by atoms with Gasteiger partial charge in [0.05, 0.1) is 17.6 Å². The molecule has 1 saturated heterocycles. The number of fused-ring (bicyclic) bond motifs is 1. The zero-order valence-corrected chi connectivity index (χ0v) is 18.2. The normalized spacial score (nSPS) is 17.9. The third kappa shape index (κ3) is 4.27. The fourth-order valence-corrected chi connectivity index (χ4v) is 4.25. The van der Waals surface area contributed by atoms with Crippen LogP contribution in [0.4, 0.5) is 0 Å². The first-order chi connectivity index (χ1) is 16.0. The van der Waals surface area contributed by atoms with Crippen LogP contribution in [0, 0.1) is 6.92 Å². The molecule has 1 aromatic heterocycles. The number of imide groups is 1. The van der Waals surface area contributed by atoms with E-state index < -0.39 is 11.9 Å². The van der Waals surface area contributed by atoms with Crippen LogP contribution in [0.5, 0.6) is 0 Å². The maximum atomic E-state index is 12.8. The highest BCUT2D eigenvalue weighted by molar-refractivity contribution is 6.05. The van der Waals surface area contributed by atoms with E-state index in [0.717, 1.165) is 23.5 Å². The van der Waals surface area contributed by atoms with Gasteiger partial charge in [-0.3, -0.25) is 19.7 Å². The van der Waals surface area contributed by atoms with Crippen LogP contribution in [0.25, 0.3) is 5.69 Å². The molecule has 0 aliphatic carbocycles. The van der Waals surface area contributed by atoms with Crippen molar-refractivity contribution in [3.63, 3.8) is 0 Å². The molecular weight excluding hydrogens is 420 g/mol. The molecule has 1 fully saturated rings. The van der Waals surface area contributed by atoms with Crippen molar-refractivity contribution in [2.24, 2.45) is 0 Å². The van der Waals surface area contributed by atoms with Crippen molar-refractivity contribution in [3.05, 3.63) is 76.6 Å². The van der Waals surface area contributed by atoms with Crippen molar-refractivity contribution in [2.45, 2.75) is 45.4 Å². The van der Waals surface area contributed by atoms with E-state index in [9.17, 15) is 14.4 Å². The Morgan fingerprint density at radius 2 is 1.91 bits per heavy atom. The summed E-state index contributed by atoms with van der Waals surface area (Å²) in [6.07, 6.45) is 2.44. The number of amides is 3. The molecule has 1 unspecified atom stereocenters. The Kier molecular flexibility index (Phi) is 5.47. The quantitative estimate of drug-likeness (QED) is 0.560. The van der Waals surface area contributed by atoms with Crippen LogP contribution < -0.4 is 10.6 Å². The predicted octanol–water partition coefficient (Wildman–Crippen LogP) is 1.63. The number of hydrogen-bond donors (Lipinski definition) is 2. The summed E-state index contributed by atoms with van der Waals surface area (Å²) in [5.41, 5.74) is 5.45. The van der Waals surface area contributed by atoms with Gasteiger partial charge in [-0.15, -0.1) is 5.10 Å². The van der Waals surface area contributed by atoms with Crippen molar-refractivity contribution < 1.29 is 14.4 Å². The number of nitrogens with zero attached hydrogens (tertiary/aromatic N) is 4. The number of carbonyl (C=O) groups is 3. The van der Waals surface area contributed by atoms with Crippen molar-refractivity contribution in [1.82, 2.24) is 30.5 Å². The molecule has 0 bridgehead atoms. The molecule has 168 valence electrons. The van der Waals surface area contributed by atoms with Crippen LogP contribution >= 0.6 is 0 Å². The Bertz CT molecular complexity index is 1230. The van der Waals surface area contributed by atoms with Gasteiger partial charge in [-0.05, 0) is 42.7 Å². The molecule has 0 saturated carbocycles. The highest BCUT2D eigenvalue weighted by Gasteiger charge is 2.39. The van der Waals surface area contributed by atoms with Gasteiger partial charge >= 0.3 is 0 Å². The lowest BCUT2D eigenvalue weighted by Crippen LogP contribution is -2.52. The van der Waals surface area contributed by atoms with E-state index in [4.69, 9.17) is 0 Å². The number of hydrogen-bond acceptors (Lipinski definition) is 6. The highest BCUT2D eigenvalue weighted by atomic mass is 16.2. The van der Waals surface area contributed by atoms with Gasteiger partial charge in [0.2, 0.25) is 11.8 Å². The second-order valence-electron chi connectivity index (χ2n) is 8.49. The minimum absolute atomic E-state index is 0.189. The van der Waals surface area contributed by atoms with Crippen molar-refractivity contribution in [3.8, 4) is 5.69 Å². The van der Waals surface area contributed by atoms with E-state index in [1.165, 1.54) is 16.0 Å². The van der Waals surface area contributed by atoms with Gasteiger partial charge in [-0.1, -0.05) is 35.0 Å². The molecule has 5 rings (SSSR count).